The molecular weight excluding hydrogens is 504 g/mol. The maximum Gasteiger partial charge on any atom is 0.296 e. The summed E-state index contributed by atoms with van der Waals surface area (Å²) < 4.78 is 17.6. The van der Waals surface area contributed by atoms with Crippen LogP contribution in [0.25, 0.3) is 10.2 Å². The molecule has 196 valence electrons. The van der Waals surface area contributed by atoms with E-state index in [-0.39, 0.29) is 11.3 Å². The van der Waals surface area contributed by atoms with Crippen LogP contribution in [0.2, 0.25) is 0 Å². The number of aryl methyl sites for hydroxylation is 1. The fourth-order valence-electron chi connectivity index (χ4n) is 4.48. The van der Waals surface area contributed by atoms with Crippen molar-refractivity contribution in [3.05, 3.63) is 83.0 Å². The number of furan rings is 1. The van der Waals surface area contributed by atoms with Gasteiger partial charge in [-0.3, -0.25) is 14.5 Å². The van der Waals surface area contributed by atoms with Gasteiger partial charge in [-0.25, -0.2) is 4.98 Å². The first-order valence-electron chi connectivity index (χ1n) is 12.5. The number of fused-ring (bicyclic) bond motifs is 1. The molecule has 1 aliphatic heterocycles. The van der Waals surface area contributed by atoms with Crippen LogP contribution in [0.3, 0.4) is 0 Å². The molecule has 9 heteroatoms. The predicted octanol–water partition coefficient (Wildman–Crippen LogP) is 6.56. The van der Waals surface area contributed by atoms with Gasteiger partial charge in [0, 0.05) is 0 Å². The van der Waals surface area contributed by atoms with Crippen LogP contribution in [0.1, 0.15) is 54.1 Å². The van der Waals surface area contributed by atoms with Gasteiger partial charge in [-0.2, -0.15) is 0 Å². The Morgan fingerprint density at radius 2 is 1.97 bits per heavy atom. The molecule has 1 amide bonds. The topological polar surface area (TPSA) is 102 Å². The Morgan fingerprint density at radius 3 is 2.71 bits per heavy atom. The standard InChI is InChI=1S/C29H28N2O6S/c1-4-5-6-14-36-20-9-7-8-18(15-20)25-24(26(32)22-13-10-17(2)37-22)27(33)28(34)31(25)29-30-21-12-11-19(35-3)16-23(21)38-29/h7-13,15-16,25,33H,4-6,14H2,1-3H3. The van der Waals surface area contributed by atoms with Gasteiger partial charge in [0.2, 0.25) is 5.78 Å². The van der Waals surface area contributed by atoms with Crippen molar-refractivity contribution < 1.29 is 28.6 Å². The first-order valence-corrected chi connectivity index (χ1v) is 13.3. The van der Waals surface area contributed by atoms with Gasteiger partial charge in [0.05, 0.1) is 35.5 Å². The summed E-state index contributed by atoms with van der Waals surface area (Å²) in [5.41, 5.74) is 1.22. The van der Waals surface area contributed by atoms with Crippen molar-refractivity contribution in [3.8, 4) is 11.5 Å². The van der Waals surface area contributed by atoms with E-state index in [0.29, 0.717) is 40.1 Å². The monoisotopic (exact) mass is 532 g/mol. The van der Waals surface area contributed by atoms with Crippen molar-refractivity contribution in [2.45, 2.75) is 39.2 Å². The van der Waals surface area contributed by atoms with Crippen molar-refractivity contribution in [1.29, 1.82) is 0 Å². The van der Waals surface area contributed by atoms with Crippen LogP contribution >= 0.6 is 11.3 Å². The minimum Gasteiger partial charge on any atom is -0.503 e. The maximum atomic E-state index is 13.6. The zero-order valence-corrected chi connectivity index (χ0v) is 22.2. The third kappa shape index (κ3) is 4.77. The number of unbranched alkanes of at least 4 members (excludes halogenated alkanes) is 2. The van der Waals surface area contributed by atoms with Crippen molar-refractivity contribution >= 4 is 38.4 Å². The third-order valence-electron chi connectivity index (χ3n) is 6.40. The second-order valence-corrected chi connectivity index (χ2v) is 10.0. The number of thiazole rings is 1. The molecule has 0 aliphatic carbocycles. The van der Waals surface area contributed by atoms with Crippen LogP contribution in [-0.4, -0.2) is 35.5 Å². The van der Waals surface area contributed by atoms with Crippen LogP contribution in [0.4, 0.5) is 5.13 Å². The van der Waals surface area contributed by atoms with E-state index in [1.165, 1.54) is 16.2 Å². The molecule has 3 heterocycles. The second kappa shape index (κ2) is 10.7. The normalized spacial score (nSPS) is 15.5. The number of rotatable bonds is 10. The molecule has 5 rings (SSSR count). The number of aromatic nitrogens is 1. The van der Waals surface area contributed by atoms with E-state index in [4.69, 9.17) is 13.9 Å². The first kappa shape index (κ1) is 25.5. The van der Waals surface area contributed by atoms with Gasteiger partial charge in [-0.1, -0.05) is 43.2 Å². The number of aliphatic hydroxyl groups excluding tert-OH is 1. The summed E-state index contributed by atoms with van der Waals surface area (Å²) in [5, 5.41) is 11.4. The number of benzene rings is 2. The minimum atomic E-state index is -0.929. The van der Waals surface area contributed by atoms with Crippen LogP contribution in [-0.2, 0) is 4.79 Å². The molecule has 1 aliphatic rings. The molecule has 38 heavy (non-hydrogen) atoms. The molecular formula is C29H28N2O6S. The Labute approximate surface area is 224 Å². The number of carbonyl (C=O) groups is 2. The van der Waals surface area contributed by atoms with Gasteiger partial charge >= 0.3 is 0 Å². The summed E-state index contributed by atoms with van der Waals surface area (Å²) >= 11 is 1.28. The summed E-state index contributed by atoms with van der Waals surface area (Å²) in [6.45, 7) is 4.41. The maximum absolute atomic E-state index is 13.6. The van der Waals surface area contributed by atoms with Crippen LogP contribution in [0.5, 0.6) is 11.5 Å². The van der Waals surface area contributed by atoms with Crippen LogP contribution < -0.4 is 14.4 Å². The van der Waals surface area contributed by atoms with Crippen LogP contribution in [0, 0.1) is 6.92 Å². The molecule has 2 aromatic carbocycles. The molecule has 2 aromatic heterocycles. The number of ether oxygens (including phenoxy) is 2. The number of amides is 1. The van der Waals surface area contributed by atoms with E-state index in [2.05, 4.69) is 11.9 Å². The van der Waals surface area contributed by atoms with Gasteiger partial charge in [0.25, 0.3) is 5.91 Å². The average molecular weight is 533 g/mol. The Bertz CT molecular complexity index is 1530. The number of hydrogen-bond acceptors (Lipinski definition) is 8. The number of hydrogen-bond donors (Lipinski definition) is 1. The molecule has 0 saturated heterocycles. The SMILES string of the molecule is CCCCCOc1cccc(C2C(C(=O)c3ccc(C)o3)=C(O)C(=O)N2c2nc3ccc(OC)cc3s2)c1. The van der Waals surface area contributed by atoms with E-state index in [0.717, 1.165) is 24.0 Å². The molecule has 4 aromatic rings. The Morgan fingerprint density at radius 1 is 1.13 bits per heavy atom. The first-order chi connectivity index (χ1) is 18.4. The zero-order chi connectivity index (χ0) is 26.8. The number of nitrogens with zero attached hydrogens (tertiary/aromatic N) is 2. The van der Waals surface area contributed by atoms with Crippen molar-refractivity contribution in [1.82, 2.24) is 4.98 Å². The fraction of sp³-hybridized carbons (Fsp3) is 0.276. The largest absolute Gasteiger partial charge is 0.503 e. The molecule has 1 N–H and O–H groups in total. The van der Waals surface area contributed by atoms with E-state index in [9.17, 15) is 14.7 Å². The number of anilines is 1. The lowest BCUT2D eigenvalue weighted by Crippen LogP contribution is -2.31. The highest BCUT2D eigenvalue weighted by Crippen LogP contribution is 2.45. The average Bonchev–Trinajstić information content (AvgIpc) is 3.62. The Kier molecular flexibility index (Phi) is 7.20. The highest BCUT2D eigenvalue weighted by Gasteiger charge is 2.46. The van der Waals surface area contributed by atoms with Gasteiger partial charge in [0.15, 0.2) is 16.7 Å². The molecule has 0 saturated carbocycles. The lowest BCUT2D eigenvalue weighted by molar-refractivity contribution is -0.117. The summed E-state index contributed by atoms with van der Waals surface area (Å²) in [7, 11) is 1.58. The molecule has 1 atom stereocenters. The van der Waals surface area contributed by atoms with Crippen LogP contribution in [0.15, 0.2) is 70.3 Å². The zero-order valence-electron chi connectivity index (χ0n) is 21.4. The molecule has 0 radical (unpaired) electrons. The van der Waals surface area contributed by atoms with Gasteiger partial charge < -0.3 is 19.0 Å². The summed E-state index contributed by atoms with van der Waals surface area (Å²) in [5.74, 6) is -0.0175. The molecule has 1 unspecified atom stereocenters. The highest BCUT2D eigenvalue weighted by molar-refractivity contribution is 7.22. The van der Waals surface area contributed by atoms with E-state index >= 15 is 0 Å². The van der Waals surface area contributed by atoms with Crippen molar-refractivity contribution in [2.24, 2.45) is 0 Å². The van der Waals surface area contributed by atoms with E-state index in [1.54, 1.807) is 50.4 Å². The summed E-state index contributed by atoms with van der Waals surface area (Å²) in [4.78, 5) is 33.1. The second-order valence-electron chi connectivity index (χ2n) is 9.04. The van der Waals surface area contributed by atoms with E-state index < -0.39 is 23.5 Å². The van der Waals surface area contributed by atoms with Crippen molar-refractivity contribution in [3.63, 3.8) is 0 Å². The summed E-state index contributed by atoms with van der Waals surface area (Å²) in [6.07, 6.45) is 3.06. The van der Waals surface area contributed by atoms with Gasteiger partial charge in [-0.15, -0.1) is 0 Å². The number of Topliss-reactive ketones (excluding diaryl/α,β-unsaturated/α-hetero) is 1. The summed E-state index contributed by atoms with van der Waals surface area (Å²) in [6, 6.07) is 15.0. The minimum absolute atomic E-state index is 0.0460. The fourth-order valence-corrected chi connectivity index (χ4v) is 5.50. The smallest absolute Gasteiger partial charge is 0.296 e. The number of ketones is 1. The molecule has 0 spiro atoms. The van der Waals surface area contributed by atoms with Gasteiger partial charge in [-0.05, 0) is 61.4 Å². The predicted molar refractivity (Wildman–Crippen MR) is 145 cm³/mol. The number of aliphatic hydroxyl groups is 1. The highest BCUT2D eigenvalue weighted by atomic mass is 32.1. The lowest BCUT2D eigenvalue weighted by Gasteiger charge is -2.24. The Hall–Kier alpha value is -4.11. The molecule has 0 fully saturated rings. The lowest BCUT2D eigenvalue weighted by atomic mass is 9.95. The number of carbonyl (C=O) groups excluding carboxylic acids is 2. The molecule has 8 nitrogen and oxygen atoms in total. The number of methoxy groups -OCH3 is 1. The van der Waals surface area contributed by atoms with Crippen molar-refractivity contribution in [2.75, 3.05) is 18.6 Å². The van der Waals surface area contributed by atoms with E-state index in [1.807, 2.05) is 18.2 Å². The third-order valence-corrected chi connectivity index (χ3v) is 7.42. The quantitative estimate of drug-likeness (QED) is 0.182. The molecule has 0 bridgehead atoms. The van der Waals surface area contributed by atoms with Gasteiger partial charge in [0.1, 0.15) is 17.3 Å². The Balaban J connectivity index is 1.59.